The van der Waals surface area contributed by atoms with Crippen LogP contribution in [-0.2, 0) is 28.5 Å². The first-order valence-electron chi connectivity index (χ1n) is 11.8. The average Bonchev–Trinajstić information content (AvgIpc) is 2.88. The highest BCUT2D eigenvalue weighted by Gasteiger charge is 2.39. The van der Waals surface area contributed by atoms with E-state index in [9.17, 15) is 29.4 Å². The van der Waals surface area contributed by atoms with Gasteiger partial charge in [-0.2, -0.15) is 0 Å². The van der Waals surface area contributed by atoms with Crippen LogP contribution in [0.5, 0.6) is 0 Å². The van der Waals surface area contributed by atoms with E-state index in [1.165, 1.54) is 0 Å². The molecule has 2 amide bonds. The molecule has 37 heavy (non-hydrogen) atoms. The number of guanidine groups is 1. The number of carboxylic acid groups (broad SMARTS) is 1. The first kappa shape index (κ1) is 29.6. The van der Waals surface area contributed by atoms with Crippen LogP contribution in [0.15, 0.2) is 16.8 Å². The van der Waals surface area contributed by atoms with Gasteiger partial charge in [0.25, 0.3) is 0 Å². The lowest BCUT2D eigenvalue weighted by Crippen LogP contribution is -2.55. The predicted octanol–water partition coefficient (Wildman–Crippen LogP) is -0.645. The monoisotopic (exact) mass is 530 g/mol. The van der Waals surface area contributed by atoms with Crippen molar-refractivity contribution < 1.29 is 53.4 Å². The van der Waals surface area contributed by atoms with Crippen molar-refractivity contribution in [3.05, 3.63) is 11.8 Å². The Labute approximate surface area is 213 Å². The number of carbonyl (C=O) groups excluding carboxylic acids is 3. The fourth-order valence-electron chi connectivity index (χ4n) is 3.97. The van der Waals surface area contributed by atoms with Crippen LogP contribution in [0.2, 0.25) is 0 Å². The third kappa shape index (κ3) is 9.76. The van der Waals surface area contributed by atoms with Crippen molar-refractivity contribution in [3.63, 3.8) is 0 Å². The minimum absolute atomic E-state index is 0.134. The maximum absolute atomic E-state index is 12.0. The summed E-state index contributed by atoms with van der Waals surface area (Å²) in [6.45, 7) is -1.01. The summed E-state index contributed by atoms with van der Waals surface area (Å²) in [5.41, 5.74) is 5.78. The van der Waals surface area contributed by atoms with E-state index in [1.807, 2.05) is 0 Å². The number of rotatable bonds is 10. The fraction of sp³-hybridized carbons (Fsp3) is 0.682. The summed E-state index contributed by atoms with van der Waals surface area (Å²) in [7, 11) is 1.10. The third-order valence-corrected chi connectivity index (χ3v) is 5.78. The Bertz CT molecular complexity index is 873. The molecular formula is C22H34N4O11. The number of hydrogen-bond donors (Lipinski definition) is 6. The molecule has 0 unspecified atom stereocenters. The molecule has 0 bridgehead atoms. The molecule has 0 aromatic carbocycles. The highest BCUT2D eigenvalue weighted by atomic mass is 16.6. The molecular weight excluding hydrogens is 496 g/mol. The number of nitrogens with two attached hydrogens (primary N) is 1. The van der Waals surface area contributed by atoms with Crippen LogP contribution in [0, 0.1) is 5.92 Å². The summed E-state index contributed by atoms with van der Waals surface area (Å²) in [5, 5.41) is 33.0. The van der Waals surface area contributed by atoms with Crippen LogP contribution in [0.1, 0.15) is 38.5 Å². The van der Waals surface area contributed by atoms with E-state index in [0.29, 0.717) is 0 Å². The summed E-state index contributed by atoms with van der Waals surface area (Å²) >= 11 is 0. The SMILES string of the molecule is COC(=O)N[C@@H]1[C@H](N=C(N)NC(=O)OCCOC(=O)C2CCCCC2)C=C(C(=O)O)O[C@@H]1C[C@H](O)CO. The number of alkyl carbamates (subject to hydrolysis) is 2. The summed E-state index contributed by atoms with van der Waals surface area (Å²) < 4.78 is 20.0. The lowest BCUT2D eigenvalue weighted by molar-refractivity contribution is -0.150. The number of methoxy groups -OCH3 is 1. The Morgan fingerprint density at radius 2 is 1.84 bits per heavy atom. The normalized spacial score (nSPS) is 23.1. The number of hydrogen-bond acceptors (Lipinski definition) is 11. The second kappa shape index (κ2) is 14.8. The molecule has 208 valence electrons. The van der Waals surface area contributed by atoms with E-state index < -0.39 is 60.8 Å². The highest BCUT2D eigenvalue weighted by molar-refractivity contribution is 5.93. The van der Waals surface area contributed by atoms with Gasteiger partial charge in [0, 0.05) is 6.42 Å². The van der Waals surface area contributed by atoms with Gasteiger partial charge < -0.3 is 45.3 Å². The molecule has 2 aliphatic rings. The Hall–Kier alpha value is -3.59. The van der Waals surface area contributed by atoms with Crippen LogP contribution in [0.4, 0.5) is 9.59 Å². The average molecular weight is 531 g/mol. The number of esters is 1. The number of ether oxygens (including phenoxy) is 4. The molecule has 15 heteroatoms. The third-order valence-electron chi connectivity index (χ3n) is 5.78. The smallest absolute Gasteiger partial charge is 0.414 e. The zero-order valence-corrected chi connectivity index (χ0v) is 20.5. The summed E-state index contributed by atoms with van der Waals surface area (Å²) in [6, 6.07) is -2.26. The highest BCUT2D eigenvalue weighted by Crippen LogP contribution is 2.25. The van der Waals surface area contributed by atoms with E-state index in [4.69, 9.17) is 25.1 Å². The molecule has 0 spiro atoms. The van der Waals surface area contributed by atoms with Gasteiger partial charge in [0.1, 0.15) is 19.3 Å². The van der Waals surface area contributed by atoms with Gasteiger partial charge in [0.2, 0.25) is 5.76 Å². The summed E-state index contributed by atoms with van der Waals surface area (Å²) in [6.07, 6.45) is 1.05. The molecule has 0 aromatic rings. The second-order valence-corrected chi connectivity index (χ2v) is 8.49. The Kier molecular flexibility index (Phi) is 11.9. The maximum atomic E-state index is 12.0. The lowest BCUT2D eigenvalue weighted by Gasteiger charge is -2.35. The zero-order valence-electron chi connectivity index (χ0n) is 20.5. The number of nitrogens with zero attached hydrogens (tertiary/aromatic N) is 1. The van der Waals surface area contributed by atoms with Crippen LogP contribution in [-0.4, -0.2) is 96.6 Å². The molecule has 2 rings (SSSR count). The number of aliphatic hydroxyl groups is 2. The van der Waals surface area contributed by atoms with Crippen molar-refractivity contribution >= 4 is 30.1 Å². The number of aliphatic imine (C=N–C) groups is 1. The van der Waals surface area contributed by atoms with Crippen molar-refractivity contribution in [2.75, 3.05) is 26.9 Å². The maximum Gasteiger partial charge on any atom is 0.414 e. The van der Waals surface area contributed by atoms with Gasteiger partial charge in [-0.1, -0.05) is 19.3 Å². The molecule has 4 atom stereocenters. The Morgan fingerprint density at radius 1 is 1.16 bits per heavy atom. The second-order valence-electron chi connectivity index (χ2n) is 8.49. The van der Waals surface area contributed by atoms with E-state index >= 15 is 0 Å². The molecule has 1 aliphatic carbocycles. The number of nitrogens with one attached hydrogen (secondary N) is 2. The van der Waals surface area contributed by atoms with E-state index in [1.54, 1.807) is 0 Å². The van der Waals surface area contributed by atoms with E-state index in [-0.39, 0.29) is 31.5 Å². The molecule has 15 nitrogen and oxygen atoms in total. The zero-order chi connectivity index (χ0) is 27.4. The fourth-order valence-corrected chi connectivity index (χ4v) is 3.97. The first-order valence-corrected chi connectivity index (χ1v) is 11.8. The Morgan fingerprint density at radius 3 is 2.46 bits per heavy atom. The van der Waals surface area contributed by atoms with Crippen molar-refractivity contribution in [2.45, 2.75) is 62.8 Å². The predicted molar refractivity (Wildman–Crippen MR) is 125 cm³/mol. The largest absolute Gasteiger partial charge is 0.481 e. The molecule has 7 N–H and O–H groups in total. The molecule has 1 fully saturated rings. The number of amides is 2. The molecule has 1 aliphatic heterocycles. The molecule has 0 saturated heterocycles. The van der Waals surface area contributed by atoms with Gasteiger partial charge in [0.15, 0.2) is 5.96 Å². The van der Waals surface area contributed by atoms with Crippen molar-refractivity contribution in [1.29, 1.82) is 0 Å². The number of aliphatic hydroxyl groups excluding tert-OH is 2. The standard InChI is InChI=1S/C22H34N4O11/c1-34-21(32)25-17-14(10-16(18(29)30)37-15(17)9-13(28)11-27)24-20(23)26-22(33)36-8-7-35-19(31)12-5-3-2-4-6-12/h10,12-15,17,27-28H,2-9,11H2,1H3,(H,25,32)(H,29,30)(H3,23,24,26,33)/t13-,14+,15+,17+/m0/s1. The van der Waals surface area contributed by atoms with Crippen molar-refractivity contribution in [3.8, 4) is 0 Å². The van der Waals surface area contributed by atoms with Crippen LogP contribution >= 0.6 is 0 Å². The van der Waals surface area contributed by atoms with Crippen molar-refractivity contribution in [2.24, 2.45) is 16.6 Å². The van der Waals surface area contributed by atoms with Gasteiger partial charge in [-0.25, -0.2) is 19.4 Å². The molecule has 0 radical (unpaired) electrons. The van der Waals surface area contributed by atoms with Gasteiger partial charge in [-0.15, -0.1) is 0 Å². The van der Waals surface area contributed by atoms with Gasteiger partial charge in [0.05, 0.1) is 37.8 Å². The Balaban J connectivity index is 2.00. The minimum atomic E-state index is -1.45. The molecule has 0 aromatic heterocycles. The summed E-state index contributed by atoms with van der Waals surface area (Å²) in [5.74, 6) is -2.93. The van der Waals surface area contributed by atoms with E-state index in [0.717, 1.165) is 45.3 Å². The molecule has 1 saturated carbocycles. The van der Waals surface area contributed by atoms with Gasteiger partial charge in [-0.05, 0) is 18.9 Å². The number of carbonyl (C=O) groups is 4. The number of aliphatic carboxylic acids is 1. The lowest BCUT2D eigenvalue weighted by atomic mass is 9.89. The van der Waals surface area contributed by atoms with Gasteiger partial charge in [-0.3, -0.25) is 10.1 Å². The minimum Gasteiger partial charge on any atom is -0.481 e. The summed E-state index contributed by atoms with van der Waals surface area (Å²) in [4.78, 5) is 51.5. The molecule has 1 heterocycles. The van der Waals surface area contributed by atoms with Crippen LogP contribution < -0.4 is 16.4 Å². The van der Waals surface area contributed by atoms with E-state index in [2.05, 4.69) is 20.4 Å². The van der Waals surface area contributed by atoms with Crippen molar-refractivity contribution in [1.82, 2.24) is 10.6 Å². The van der Waals surface area contributed by atoms with Gasteiger partial charge >= 0.3 is 24.1 Å². The van der Waals surface area contributed by atoms with Crippen LogP contribution in [0.3, 0.4) is 0 Å². The number of carboxylic acids is 1. The first-order chi connectivity index (χ1) is 17.6. The topological polar surface area (TPSA) is 228 Å². The quantitative estimate of drug-likeness (QED) is 0.0681. The van der Waals surface area contributed by atoms with Crippen LogP contribution in [0.25, 0.3) is 0 Å².